The molecule has 1 heterocycles. The molecule has 0 aromatic heterocycles. The Morgan fingerprint density at radius 3 is 3.00 bits per heavy atom. The molecule has 62 valence electrons. The van der Waals surface area contributed by atoms with Crippen LogP contribution in [0.4, 0.5) is 0 Å². The summed E-state index contributed by atoms with van der Waals surface area (Å²) in [5, 5.41) is 6.26. The van der Waals surface area contributed by atoms with Gasteiger partial charge in [-0.25, -0.2) is 0 Å². The Balaban J connectivity index is 2.04. The lowest BCUT2D eigenvalue weighted by Crippen LogP contribution is -2.36. The maximum absolute atomic E-state index is 11.1. The Kier molecular flexibility index (Phi) is 1.82. The lowest BCUT2D eigenvalue weighted by molar-refractivity contribution is -0.120. The predicted octanol–water partition coefficient (Wildman–Crippen LogP) is 0.0170. The predicted molar refractivity (Wildman–Crippen MR) is 42.2 cm³/mol. The van der Waals surface area contributed by atoms with E-state index in [0.29, 0.717) is 18.6 Å². The molecule has 1 saturated carbocycles. The van der Waals surface area contributed by atoms with Crippen molar-refractivity contribution in [3.63, 3.8) is 0 Å². The van der Waals surface area contributed by atoms with Gasteiger partial charge >= 0.3 is 0 Å². The van der Waals surface area contributed by atoms with E-state index in [1.165, 1.54) is 19.3 Å². The quantitative estimate of drug-likeness (QED) is 0.516. The van der Waals surface area contributed by atoms with Gasteiger partial charge in [0.1, 0.15) is 0 Å². The molecule has 2 aliphatic rings. The minimum Gasteiger partial charge on any atom is -0.352 e. The molecule has 0 aromatic rings. The van der Waals surface area contributed by atoms with E-state index >= 15 is 0 Å². The van der Waals surface area contributed by atoms with Crippen molar-refractivity contribution in [1.82, 2.24) is 10.6 Å². The highest BCUT2D eigenvalue weighted by Gasteiger charge is 2.26. The summed E-state index contributed by atoms with van der Waals surface area (Å²) in [6.45, 7) is 0.515. The average Bonchev–Trinajstić information content (AvgIpc) is 2.12. The third-order valence-electron chi connectivity index (χ3n) is 2.59. The number of carbonyl (C=O) groups is 1. The van der Waals surface area contributed by atoms with Crippen LogP contribution in [0, 0.1) is 0 Å². The van der Waals surface area contributed by atoms with Crippen molar-refractivity contribution in [3.8, 4) is 0 Å². The molecule has 1 saturated heterocycles. The number of rotatable bonds is 0. The zero-order valence-electron chi connectivity index (χ0n) is 6.60. The molecule has 2 N–H and O–H groups in total. The second kappa shape index (κ2) is 2.81. The van der Waals surface area contributed by atoms with Gasteiger partial charge in [0.15, 0.2) is 0 Å². The summed E-state index contributed by atoms with van der Waals surface area (Å²) in [6.07, 6.45) is 4.80. The van der Waals surface area contributed by atoms with Gasteiger partial charge in [0.05, 0.1) is 6.54 Å². The average molecular weight is 154 g/mol. The molecule has 2 rings (SSSR count). The standard InChI is InChI=1S/C8H14N2O/c11-8-5-9-6-2-1-3-7(4-6)10-8/h6-7,9H,1-5H2,(H,10,11). The van der Waals surface area contributed by atoms with Gasteiger partial charge in [0.2, 0.25) is 5.91 Å². The van der Waals surface area contributed by atoms with Crippen molar-refractivity contribution < 1.29 is 4.79 Å². The molecule has 2 atom stereocenters. The van der Waals surface area contributed by atoms with Crippen LogP contribution < -0.4 is 10.6 Å². The van der Waals surface area contributed by atoms with E-state index in [0.717, 1.165) is 6.42 Å². The SMILES string of the molecule is O=C1CNC2CCCC(C2)N1. The van der Waals surface area contributed by atoms with E-state index in [1.54, 1.807) is 0 Å². The van der Waals surface area contributed by atoms with Crippen LogP contribution in [0.15, 0.2) is 0 Å². The first kappa shape index (κ1) is 7.10. The molecule has 0 spiro atoms. The van der Waals surface area contributed by atoms with Crippen LogP contribution in [0.1, 0.15) is 25.7 Å². The van der Waals surface area contributed by atoms with Gasteiger partial charge < -0.3 is 10.6 Å². The highest BCUT2D eigenvalue weighted by Crippen LogP contribution is 2.19. The van der Waals surface area contributed by atoms with Gasteiger partial charge in [0.25, 0.3) is 0 Å². The first-order valence-corrected chi connectivity index (χ1v) is 4.37. The fourth-order valence-electron chi connectivity index (χ4n) is 2.02. The molecule has 2 unspecified atom stereocenters. The Bertz CT molecular complexity index is 169. The molecular weight excluding hydrogens is 140 g/mol. The Morgan fingerprint density at radius 2 is 2.09 bits per heavy atom. The zero-order chi connectivity index (χ0) is 7.68. The Labute approximate surface area is 66.5 Å². The number of fused-ring (bicyclic) bond motifs is 2. The number of hydrogen-bond acceptors (Lipinski definition) is 2. The van der Waals surface area contributed by atoms with Gasteiger partial charge in [-0.1, -0.05) is 0 Å². The van der Waals surface area contributed by atoms with Crippen molar-refractivity contribution in [3.05, 3.63) is 0 Å². The molecule has 1 aliphatic heterocycles. The number of hydrogen-bond donors (Lipinski definition) is 2. The van der Waals surface area contributed by atoms with E-state index in [4.69, 9.17) is 0 Å². The van der Waals surface area contributed by atoms with E-state index in [1.807, 2.05) is 0 Å². The minimum absolute atomic E-state index is 0.166. The van der Waals surface area contributed by atoms with Crippen molar-refractivity contribution in [2.45, 2.75) is 37.8 Å². The fourth-order valence-corrected chi connectivity index (χ4v) is 2.02. The molecular formula is C8H14N2O. The molecule has 2 fully saturated rings. The first-order valence-electron chi connectivity index (χ1n) is 4.37. The minimum atomic E-state index is 0.166. The summed E-state index contributed by atoms with van der Waals surface area (Å²) in [5.74, 6) is 0.166. The number of nitrogens with one attached hydrogen (secondary N) is 2. The normalized spacial score (nSPS) is 37.6. The highest BCUT2D eigenvalue weighted by molar-refractivity contribution is 5.78. The summed E-state index contributed by atoms with van der Waals surface area (Å²) in [6, 6.07) is 1.05. The van der Waals surface area contributed by atoms with Crippen molar-refractivity contribution in [2.75, 3.05) is 6.54 Å². The van der Waals surface area contributed by atoms with Gasteiger partial charge in [-0.2, -0.15) is 0 Å². The van der Waals surface area contributed by atoms with E-state index in [2.05, 4.69) is 10.6 Å². The third-order valence-corrected chi connectivity index (χ3v) is 2.59. The van der Waals surface area contributed by atoms with Crippen LogP contribution in [0.3, 0.4) is 0 Å². The van der Waals surface area contributed by atoms with Crippen LogP contribution in [-0.2, 0) is 4.79 Å². The molecule has 3 nitrogen and oxygen atoms in total. The highest BCUT2D eigenvalue weighted by atomic mass is 16.2. The lowest BCUT2D eigenvalue weighted by Gasteiger charge is -2.25. The molecule has 3 heteroatoms. The largest absolute Gasteiger partial charge is 0.352 e. The first-order chi connectivity index (χ1) is 5.34. The molecule has 1 aliphatic carbocycles. The van der Waals surface area contributed by atoms with Crippen molar-refractivity contribution in [1.29, 1.82) is 0 Å². The zero-order valence-corrected chi connectivity index (χ0v) is 6.60. The maximum Gasteiger partial charge on any atom is 0.234 e. The summed E-state index contributed by atoms with van der Waals surface area (Å²) in [5.41, 5.74) is 0. The van der Waals surface area contributed by atoms with Crippen molar-refractivity contribution in [2.24, 2.45) is 0 Å². The molecule has 1 amide bonds. The van der Waals surface area contributed by atoms with Crippen LogP contribution in [-0.4, -0.2) is 24.5 Å². The summed E-state index contributed by atoms with van der Waals surface area (Å²) < 4.78 is 0. The summed E-state index contributed by atoms with van der Waals surface area (Å²) in [7, 11) is 0. The maximum atomic E-state index is 11.1. The summed E-state index contributed by atoms with van der Waals surface area (Å²) >= 11 is 0. The number of amides is 1. The van der Waals surface area contributed by atoms with E-state index in [-0.39, 0.29) is 5.91 Å². The monoisotopic (exact) mass is 154 g/mol. The van der Waals surface area contributed by atoms with Crippen LogP contribution in [0.5, 0.6) is 0 Å². The van der Waals surface area contributed by atoms with E-state index < -0.39 is 0 Å². The Morgan fingerprint density at radius 1 is 1.27 bits per heavy atom. The smallest absolute Gasteiger partial charge is 0.234 e. The lowest BCUT2D eigenvalue weighted by atomic mass is 9.92. The topological polar surface area (TPSA) is 41.1 Å². The fraction of sp³-hybridized carbons (Fsp3) is 0.875. The van der Waals surface area contributed by atoms with Crippen LogP contribution in [0.25, 0.3) is 0 Å². The molecule has 0 aromatic carbocycles. The molecule has 11 heavy (non-hydrogen) atoms. The molecule has 2 bridgehead atoms. The van der Waals surface area contributed by atoms with Crippen molar-refractivity contribution >= 4 is 5.91 Å². The van der Waals surface area contributed by atoms with Gasteiger partial charge in [-0.05, 0) is 25.7 Å². The summed E-state index contributed by atoms with van der Waals surface area (Å²) in [4.78, 5) is 11.1. The second-order valence-corrected chi connectivity index (χ2v) is 3.51. The number of carbonyl (C=O) groups excluding carboxylic acids is 1. The van der Waals surface area contributed by atoms with E-state index in [9.17, 15) is 4.79 Å². The van der Waals surface area contributed by atoms with Gasteiger partial charge in [-0.15, -0.1) is 0 Å². The second-order valence-electron chi connectivity index (χ2n) is 3.51. The third kappa shape index (κ3) is 1.53. The van der Waals surface area contributed by atoms with Crippen LogP contribution >= 0.6 is 0 Å². The molecule has 0 radical (unpaired) electrons. The van der Waals surface area contributed by atoms with Crippen LogP contribution in [0.2, 0.25) is 0 Å². The Hall–Kier alpha value is -0.570. The van der Waals surface area contributed by atoms with Gasteiger partial charge in [0, 0.05) is 12.1 Å². The van der Waals surface area contributed by atoms with Gasteiger partial charge in [-0.3, -0.25) is 4.79 Å².